The van der Waals surface area contributed by atoms with E-state index in [4.69, 9.17) is 26.3 Å². The van der Waals surface area contributed by atoms with Gasteiger partial charge in [-0.3, -0.25) is 9.78 Å². The normalized spacial score (nSPS) is 22.5. The lowest BCUT2D eigenvalue weighted by atomic mass is 9.95. The highest BCUT2D eigenvalue weighted by atomic mass is 35.5. The number of hydrogen-bond acceptors (Lipinski definition) is 7. The molecule has 0 bridgehead atoms. The number of carbonyl (C=O) groups is 1. The van der Waals surface area contributed by atoms with Crippen LogP contribution in [0.15, 0.2) is 61.4 Å². The van der Waals surface area contributed by atoms with Crippen LogP contribution in [0.25, 0.3) is 32.8 Å². The fraction of sp³-hybridized carbons (Fsp3) is 0.355. The molecular formula is C31H31ClN6O2. The van der Waals surface area contributed by atoms with E-state index in [0.717, 1.165) is 71.1 Å². The van der Waals surface area contributed by atoms with Crippen molar-refractivity contribution in [1.82, 2.24) is 24.8 Å². The predicted molar refractivity (Wildman–Crippen MR) is 158 cm³/mol. The Bertz CT molecular complexity index is 1640. The fourth-order valence-electron chi connectivity index (χ4n) is 6.57. The monoisotopic (exact) mass is 554 g/mol. The Morgan fingerprint density at radius 3 is 2.88 bits per heavy atom. The van der Waals surface area contributed by atoms with Gasteiger partial charge in [-0.05, 0) is 62.7 Å². The number of carbonyl (C=O) groups excluding carboxylic acids is 1. The van der Waals surface area contributed by atoms with Gasteiger partial charge >= 0.3 is 6.01 Å². The summed E-state index contributed by atoms with van der Waals surface area (Å²) in [5.41, 5.74) is 2.75. The lowest BCUT2D eigenvalue weighted by molar-refractivity contribution is -0.127. The van der Waals surface area contributed by atoms with Crippen LogP contribution in [-0.4, -0.2) is 82.1 Å². The van der Waals surface area contributed by atoms with Crippen LogP contribution in [0.4, 0.5) is 5.82 Å². The quantitative estimate of drug-likeness (QED) is 0.312. The van der Waals surface area contributed by atoms with E-state index >= 15 is 0 Å². The Kier molecular flexibility index (Phi) is 6.32. The highest BCUT2D eigenvalue weighted by Crippen LogP contribution is 2.41. The van der Waals surface area contributed by atoms with E-state index in [-0.39, 0.29) is 18.0 Å². The van der Waals surface area contributed by atoms with Gasteiger partial charge in [0, 0.05) is 58.3 Å². The van der Waals surface area contributed by atoms with Crippen LogP contribution in [0, 0.1) is 0 Å². The van der Waals surface area contributed by atoms with Crippen LogP contribution in [0.2, 0.25) is 5.02 Å². The lowest BCUT2D eigenvalue weighted by Crippen LogP contribution is -2.63. The number of nitrogens with zero attached hydrogens (tertiary/aromatic N) is 6. The minimum absolute atomic E-state index is 0.00333. The summed E-state index contributed by atoms with van der Waals surface area (Å²) in [6.07, 6.45) is 8.29. The van der Waals surface area contributed by atoms with Crippen LogP contribution >= 0.6 is 11.6 Å². The van der Waals surface area contributed by atoms with Crippen molar-refractivity contribution in [3.05, 3.63) is 66.5 Å². The minimum Gasteiger partial charge on any atom is -0.462 e. The van der Waals surface area contributed by atoms with Gasteiger partial charge < -0.3 is 19.4 Å². The van der Waals surface area contributed by atoms with Gasteiger partial charge in [-0.1, -0.05) is 36.4 Å². The molecule has 1 amide bonds. The summed E-state index contributed by atoms with van der Waals surface area (Å²) in [6, 6.07) is 13.3. The molecule has 0 unspecified atom stereocenters. The number of benzene rings is 2. The maximum atomic E-state index is 12.4. The average Bonchev–Trinajstić information content (AvgIpc) is 3.52. The van der Waals surface area contributed by atoms with Gasteiger partial charge in [0.05, 0.1) is 17.6 Å². The summed E-state index contributed by atoms with van der Waals surface area (Å²) in [5, 5.41) is 3.61. The molecule has 3 aliphatic heterocycles. The summed E-state index contributed by atoms with van der Waals surface area (Å²) >= 11 is 6.64. The third-order valence-electron chi connectivity index (χ3n) is 8.80. The first-order valence-electron chi connectivity index (χ1n) is 13.9. The van der Waals surface area contributed by atoms with Crippen LogP contribution in [0.3, 0.4) is 0 Å². The van der Waals surface area contributed by atoms with Crippen molar-refractivity contribution in [1.29, 1.82) is 0 Å². The molecule has 0 N–H and O–H groups in total. The molecule has 204 valence electrons. The van der Waals surface area contributed by atoms with E-state index in [9.17, 15) is 4.79 Å². The third-order valence-corrected chi connectivity index (χ3v) is 9.12. The first-order valence-corrected chi connectivity index (χ1v) is 14.3. The Morgan fingerprint density at radius 1 is 1.15 bits per heavy atom. The van der Waals surface area contributed by atoms with E-state index in [1.807, 2.05) is 35.5 Å². The minimum atomic E-state index is -0.00333. The van der Waals surface area contributed by atoms with E-state index in [1.165, 1.54) is 12.5 Å². The lowest BCUT2D eigenvalue weighted by Gasteiger charge is -2.47. The third kappa shape index (κ3) is 4.17. The molecule has 2 aromatic heterocycles. The molecule has 3 saturated heterocycles. The van der Waals surface area contributed by atoms with E-state index in [1.54, 1.807) is 0 Å². The number of likely N-dealkylation sites (tertiary alicyclic amines) is 2. The predicted octanol–water partition coefficient (Wildman–Crippen LogP) is 4.95. The Hall–Kier alpha value is -3.75. The van der Waals surface area contributed by atoms with Gasteiger partial charge in [-0.25, -0.2) is 0 Å². The second kappa shape index (κ2) is 10.0. The Labute approximate surface area is 238 Å². The second-order valence-electron chi connectivity index (χ2n) is 11.0. The average molecular weight is 555 g/mol. The first-order chi connectivity index (χ1) is 19.5. The number of likely N-dealkylation sites (N-methyl/N-ethyl adjacent to an activating group) is 1. The zero-order chi connectivity index (χ0) is 27.4. The van der Waals surface area contributed by atoms with Crippen molar-refractivity contribution in [3.8, 4) is 17.1 Å². The smallest absolute Gasteiger partial charge is 0.319 e. The van der Waals surface area contributed by atoms with Crippen molar-refractivity contribution < 1.29 is 9.53 Å². The SMILES string of the molecule is C=CC(=O)N1CC[C@@H]2[C@H]1CN2c1nc(OC[C@@H]2CCCN2C)nc2cc(-c3cncc4cccc(Cl)c34)ccc12. The summed E-state index contributed by atoms with van der Waals surface area (Å²) in [7, 11) is 2.14. The summed E-state index contributed by atoms with van der Waals surface area (Å²) < 4.78 is 6.25. The van der Waals surface area contributed by atoms with Gasteiger partial charge in [-0.15, -0.1) is 0 Å². The molecule has 0 aliphatic carbocycles. The molecule has 5 heterocycles. The van der Waals surface area contributed by atoms with Gasteiger partial charge in [0.1, 0.15) is 12.4 Å². The zero-order valence-electron chi connectivity index (χ0n) is 22.5. The van der Waals surface area contributed by atoms with E-state index in [2.05, 4.69) is 46.6 Å². The molecule has 0 spiro atoms. The Morgan fingerprint density at radius 2 is 2.05 bits per heavy atom. The number of pyridine rings is 1. The van der Waals surface area contributed by atoms with Crippen molar-refractivity contribution in [2.45, 2.75) is 37.4 Å². The van der Waals surface area contributed by atoms with Crippen molar-refractivity contribution in [2.75, 3.05) is 38.2 Å². The van der Waals surface area contributed by atoms with Crippen molar-refractivity contribution in [3.63, 3.8) is 0 Å². The Balaban J connectivity index is 1.29. The van der Waals surface area contributed by atoms with Gasteiger partial charge in [0.2, 0.25) is 5.91 Å². The summed E-state index contributed by atoms with van der Waals surface area (Å²) in [4.78, 5) is 33.2. The molecule has 3 aliphatic rings. The molecule has 3 fully saturated rings. The number of amides is 1. The second-order valence-corrected chi connectivity index (χ2v) is 11.4. The van der Waals surface area contributed by atoms with Crippen molar-refractivity contribution >= 4 is 45.0 Å². The standard InChI is InChI=1S/C31H31ClN6O2/c1-3-28(39)37-13-11-26-27(37)17-38(26)30-22-10-9-19(23-16-33-15-20-6-4-8-24(32)29(20)23)14-25(22)34-31(35-30)40-18-21-7-5-12-36(21)2/h3-4,6,8-10,14-16,21,26-27H,1,5,7,11-13,17-18H2,2H3/t21-,26+,27+/m0/s1. The largest absolute Gasteiger partial charge is 0.462 e. The van der Waals surface area contributed by atoms with E-state index in [0.29, 0.717) is 23.7 Å². The molecular weight excluding hydrogens is 524 g/mol. The topological polar surface area (TPSA) is 74.7 Å². The maximum absolute atomic E-state index is 12.4. The number of rotatable bonds is 6. The number of aromatic nitrogens is 3. The summed E-state index contributed by atoms with van der Waals surface area (Å²) in [6.45, 7) is 6.77. The van der Waals surface area contributed by atoms with Gasteiger partial charge in [0.25, 0.3) is 0 Å². The van der Waals surface area contributed by atoms with Crippen LogP contribution in [-0.2, 0) is 4.79 Å². The first kappa shape index (κ1) is 25.2. The zero-order valence-corrected chi connectivity index (χ0v) is 23.2. The molecule has 3 atom stereocenters. The molecule has 0 saturated carbocycles. The van der Waals surface area contributed by atoms with Gasteiger partial charge in [0.15, 0.2) is 0 Å². The van der Waals surface area contributed by atoms with Crippen LogP contribution in [0.5, 0.6) is 6.01 Å². The van der Waals surface area contributed by atoms with Crippen LogP contribution in [0.1, 0.15) is 19.3 Å². The van der Waals surface area contributed by atoms with Crippen LogP contribution < -0.4 is 9.64 Å². The molecule has 2 aromatic carbocycles. The number of hydrogen-bond donors (Lipinski definition) is 0. The summed E-state index contributed by atoms with van der Waals surface area (Å²) in [5.74, 6) is 0.853. The van der Waals surface area contributed by atoms with Gasteiger partial charge in [-0.2, -0.15) is 9.97 Å². The number of halogens is 1. The molecule has 4 aromatic rings. The number of anilines is 1. The number of ether oxygens (including phenoxy) is 1. The highest BCUT2D eigenvalue weighted by molar-refractivity contribution is 6.36. The highest BCUT2D eigenvalue weighted by Gasteiger charge is 2.49. The molecule has 40 heavy (non-hydrogen) atoms. The number of fused-ring (bicyclic) bond motifs is 3. The maximum Gasteiger partial charge on any atom is 0.319 e. The molecule has 8 nitrogen and oxygen atoms in total. The van der Waals surface area contributed by atoms with Crippen molar-refractivity contribution in [2.24, 2.45) is 0 Å². The van der Waals surface area contributed by atoms with E-state index < -0.39 is 0 Å². The molecule has 7 rings (SSSR count). The molecule has 0 radical (unpaired) electrons. The molecule has 9 heteroatoms. The fourth-order valence-corrected chi connectivity index (χ4v) is 6.85.